The molecule has 0 bridgehead atoms. The molecule has 1 N–H and O–H groups in total. The molecule has 0 radical (unpaired) electrons. The van der Waals surface area contributed by atoms with Crippen LogP contribution in [0.25, 0.3) is 11.4 Å². The van der Waals surface area contributed by atoms with E-state index in [1.807, 2.05) is 30.3 Å². The second-order valence-electron chi connectivity index (χ2n) is 4.56. The molecular weight excluding hydrogens is 274 g/mol. The molecule has 8 nitrogen and oxygen atoms in total. The molecule has 0 saturated heterocycles. The summed E-state index contributed by atoms with van der Waals surface area (Å²) in [4.78, 5) is 25.0. The van der Waals surface area contributed by atoms with Gasteiger partial charge < -0.3 is 10.0 Å². The Balaban J connectivity index is 2.14. The molecule has 21 heavy (non-hydrogen) atoms. The summed E-state index contributed by atoms with van der Waals surface area (Å²) in [6.45, 7) is 1.22. The maximum absolute atomic E-state index is 12.1. The lowest BCUT2D eigenvalue weighted by molar-refractivity contribution is -0.144. The number of benzene rings is 1. The fourth-order valence-corrected chi connectivity index (χ4v) is 1.79. The van der Waals surface area contributed by atoms with E-state index in [-0.39, 0.29) is 6.54 Å². The van der Waals surface area contributed by atoms with E-state index < -0.39 is 17.9 Å². The fourth-order valence-electron chi connectivity index (χ4n) is 1.79. The summed E-state index contributed by atoms with van der Waals surface area (Å²) < 4.78 is 0. The second kappa shape index (κ2) is 6.12. The van der Waals surface area contributed by atoms with Crippen LogP contribution in [-0.4, -0.2) is 55.7 Å². The molecule has 1 heterocycles. The van der Waals surface area contributed by atoms with Crippen molar-refractivity contribution in [3.05, 3.63) is 30.3 Å². The van der Waals surface area contributed by atoms with Crippen molar-refractivity contribution in [1.29, 1.82) is 0 Å². The Morgan fingerprint density at radius 2 is 2.00 bits per heavy atom. The highest BCUT2D eigenvalue weighted by Gasteiger charge is 2.23. The van der Waals surface area contributed by atoms with Gasteiger partial charge in [-0.3, -0.25) is 9.59 Å². The molecule has 2 rings (SSSR count). The molecule has 2 aromatic rings. The Labute approximate surface area is 121 Å². The van der Waals surface area contributed by atoms with Gasteiger partial charge in [0.25, 0.3) is 0 Å². The molecule has 0 saturated carbocycles. The number of amides is 1. The van der Waals surface area contributed by atoms with Crippen molar-refractivity contribution in [3.8, 4) is 11.4 Å². The summed E-state index contributed by atoms with van der Waals surface area (Å²) in [5.74, 6) is -1.06. The third-order valence-electron chi connectivity index (χ3n) is 2.91. The predicted molar refractivity (Wildman–Crippen MR) is 73.2 cm³/mol. The molecule has 0 aliphatic heterocycles. The number of aliphatic carboxylic acids is 1. The van der Waals surface area contributed by atoms with Crippen molar-refractivity contribution in [2.45, 2.75) is 13.0 Å². The van der Waals surface area contributed by atoms with Crippen LogP contribution in [-0.2, 0) is 9.59 Å². The lowest BCUT2D eigenvalue weighted by Gasteiger charge is -2.18. The van der Waals surface area contributed by atoms with Gasteiger partial charge >= 0.3 is 5.97 Å². The lowest BCUT2D eigenvalue weighted by atomic mass is 10.2. The number of carbonyl (C=O) groups is 2. The third-order valence-corrected chi connectivity index (χ3v) is 2.91. The van der Waals surface area contributed by atoms with Crippen molar-refractivity contribution in [3.63, 3.8) is 0 Å². The molecule has 8 heteroatoms. The zero-order valence-corrected chi connectivity index (χ0v) is 11.7. The average molecular weight is 289 g/mol. The summed E-state index contributed by atoms with van der Waals surface area (Å²) in [6.07, 6.45) is 0. The molecule has 0 aliphatic carbocycles. The minimum absolute atomic E-state index is 0.372. The Kier molecular flexibility index (Phi) is 4.27. The number of hydrogen-bond acceptors (Lipinski definition) is 5. The second-order valence-corrected chi connectivity index (χ2v) is 4.56. The van der Waals surface area contributed by atoms with E-state index in [4.69, 9.17) is 5.11 Å². The van der Waals surface area contributed by atoms with Gasteiger partial charge in [0.15, 0.2) is 0 Å². The Bertz CT molecular complexity index is 640. The zero-order valence-electron chi connectivity index (χ0n) is 11.7. The van der Waals surface area contributed by atoms with Gasteiger partial charge in [-0.2, -0.15) is 4.80 Å². The largest absolute Gasteiger partial charge is 0.480 e. The molecule has 0 fully saturated rings. The summed E-state index contributed by atoms with van der Waals surface area (Å²) in [6, 6.07) is 8.53. The van der Waals surface area contributed by atoms with E-state index in [9.17, 15) is 9.59 Å². The van der Waals surface area contributed by atoms with E-state index in [1.165, 1.54) is 11.8 Å². The number of carboxylic acid groups (broad SMARTS) is 1. The van der Waals surface area contributed by atoms with Crippen molar-refractivity contribution in [2.75, 3.05) is 13.6 Å². The molecular formula is C13H15N5O3. The monoisotopic (exact) mass is 289 g/mol. The first-order valence-corrected chi connectivity index (χ1v) is 6.30. The first-order valence-electron chi connectivity index (χ1n) is 6.30. The van der Waals surface area contributed by atoms with Crippen molar-refractivity contribution in [2.24, 2.45) is 0 Å². The highest BCUT2D eigenvalue weighted by atomic mass is 16.4. The van der Waals surface area contributed by atoms with Crippen molar-refractivity contribution >= 4 is 11.9 Å². The van der Waals surface area contributed by atoms with Crippen molar-refractivity contribution in [1.82, 2.24) is 25.1 Å². The summed E-state index contributed by atoms with van der Waals surface area (Å²) in [5, 5.41) is 20.6. The minimum atomic E-state index is -1.07. The number of carboxylic acids is 1. The van der Waals surface area contributed by atoms with Crippen LogP contribution in [0.3, 0.4) is 0 Å². The van der Waals surface area contributed by atoms with E-state index >= 15 is 0 Å². The number of aromatic nitrogens is 4. The Morgan fingerprint density at radius 3 is 2.62 bits per heavy atom. The van der Waals surface area contributed by atoms with Gasteiger partial charge in [-0.1, -0.05) is 30.3 Å². The van der Waals surface area contributed by atoms with Crippen LogP contribution in [0.5, 0.6) is 0 Å². The predicted octanol–water partition coefficient (Wildman–Crippen LogP) is 0.444. The van der Waals surface area contributed by atoms with Crippen LogP contribution in [0.2, 0.25) is 0 Å². The maximum atomic E-state index is 12.1. The van der Waals surface area contributed by atoms with Crippen LogP contribution in [0.1, 0.15) is 13.0 Å². The van der Waals surface area contributed by atoms with Gasteiger partial charge in [-0.25, -0.2) is 0 Å². The molecule has 110 valence electrons. The maximum Gasteiger partial charge on any atom is 0.323 e. The first-order chi connectivity index (χ1) is 9.99. The van der Waals surface area contributed by atoms with Gasteiger partial charge in [0, 0.05) is 12.6 Å². The topological polar surface area (TPSA) is 101 Å². The summed E-state index contributed by atoms with van der Waals surface area (Å²) >= 11 is 0. The average Bonchev–Trinajstić information content (AvgIpc) is 2.95. The van der Waals surface area contributed by atoms with Gasteiger partial charge in [0.2, 0.25) is 11.7 Å². The number of tetrazole rings is 1. The Morgan fingerprint density at radius 1 is 1.33 bits per heavy atom. The first kappa shape index (κ1) is 14.6. The zero-order chi connectivity index (χ0) is 15.4. The smallest absolute Gasteiger partial charge is 0.323 e. The minimum Gasteiger partial charge on any atom is -0.480 e. The Hall–Kier alpha value is -2.77. The number of carbonyl (C=O) groups excluding carboxylic acids is 1. The van der Waals surface area contributed by atoms with Gasteiger partial charge in [0.05, 0.1) is 0 Å². The summed E-state index contributed by atoms with van der Waals surface area (Å²) in [7, 11) is 1.42. The van der Waals surface area contributed by atoms with Crippen LogP contribution in [0, 0.1) is 0 Å². The van der Waals surface area contributed by atoms with Crippen molar-refractivity contribution < 1.29 is 14.7 Å². The molecule has 0 aliphatic rings. The van der Waals surface area contributed by atoms with Crippen LogP contribution in [0.4, 0.5) is 0 Å². The van der Waals surface area contributed by atoms with Crippen LogP contribution < -0.4 is 0 Å². The van der Waals surface area contributed by atoms with Crippen LogP contribution in [0.15, 0.2) is 30.3 Å². The molecule has 1 unspecified atom stereocenters. The molecule has 1 aromatic heterocycles. The molecule has 1 atom stereocenters. The van der Waals surface area contributed by atoms with Crippen LogP contribution >= 0.6 is 0 Å². The SMILES string of the molecule is CC(C(=O)N(C)CC(=O)O)n1nnc(-c2ccccc2)n1. The number of nitrogens with zero attached hydrogens (tertiary/aromatic N) is 5. The van der Waals surface area contributed by atoms with Gasteiger partial charge in [0.1, 0.15) is 12.6 Å². The number of likely N-dealkylation sites (N-methyl/N-ethyl adjacent to an activating group) is 1. The summed E-state index contributed by atoms with van der Waals surface area (Å²) in [5.41, 5.74) is 0.794. The number of hydrogen-bond donors (Lipinski definition) is 1. The fraction of sp³-hybridized carbons (Fsp3) is 0.308. The number of rotatable bonds is 5. The molecule has 1 aromatic carbocycles. The van der Waals surface area contributed by atoms with E-state index in [2.05, 4.69) is 15.4 Å². The quantitative estimate of drug-likeness (QED) is 0.857. The van der Waals surface area contributed by atoms with Gasteiger partial charge in [-0.05, 0) is 12.1 Å². The highest BCUT2D eigenvalue weighted by molar-refractivity contribution is 5.83. The van der Waals surface area contributed by atoms with E-state index in [0.29, 0.717) is 5.82 Å². The highest BCUT2D eigenvalue weighted by Crippen LogP contribution is 2.14. The van der Waals surface area contributed by atoms with E-state index in [1.54, 1.807) is 6.92 Å². The molecule has 1 amide bonds. The lowest BCUT2D eigenvalue weighted by Crippen LogP contribution is -2.37. The normalized spacial score (nSPS) is 11.9. The van der Waals surface area contributed by atoms with E-state index in [0.717, 1.165) is 10.5 Å². The standard InChI is InChI=1S/C13H15N5O3/c1-9(13(21)17(2)8-11(19)20)18-15-12(14-16-18)10-6-4-3-5-7-10/h3-7,9H,8H2,1-2H3,(H,19,20). The third kappa shape index (κ3) is 3.41. The molecule has 0 spiro atoms. The van der Waals surface area contributed by atoms with Gasteiger partial charge in [-0.15, -0.1) is 10.2 Å².